The van der Waals surface area contributed by atoms with E-state index in [1.807, 2.05) is 0 Å². The van der Waals surface area contributed by atoms with Gasteiger partial charge in [0.15, 0.2) is 0 Å². The number of halogens is 9. The monoisotopic (exact) mass is 453 g/mol. The van der Waals surface area contributed by atoms with Crippen molar-refractivity contribution in [2.45, 2.75) is 18.3 Å². The van der Waals surface area contributed by atoms with Crippen LogP contribution in [0.5, 0.6) is 0 Å². The molecular formula is C11H6Cl9. The van der Waals surface area contributed by atoms with Gasteiger partial charge in [0.25, 0.3) is 0 Å². The second kappa shape index (κ2) is 6.75. The van der Waals surface area contributed by atoms with Gasteiger partial charge in [0.2, 0.25) is 11.4 Å². The first kappa shape index (κ1) is 19.9. The van der Waals surface area contributed by atoms with Gasteiger partial charge in [0.05, 0.1) is 0 Å². The summed E-state index contributed by atoms with van der Waals surface area (Å²) >= 11 is 53.2. The molecule has 1 aromatic rings. The van der Waals surface area contributed by atoms with E-state index in [-0.39, 0.29) is 16.7 Å². The smallest absolute Gasteiger partial charge is 0.0784 e. The van der Waals surface area contributed by atoms with Crippen molar-refractivity contribution in [3.8, 4) is 0 Å². The van der Waals surface area contributed by atoms with E-state index in [9.17, 15) is 0 Å². The average molecular weight is 457 g/mol. The zero-order valence-corrected chi connectivity index (χ0v) is 16.4. The summed E-state index contributed by atoms with van der Waals surface area (Å²) in [6.07, 6.45) is 1.65. The highest BCUT2D eigenvalue weighted by molar-refractivity contribution is 6.68. The lowest BCUT2D eigenvalue weighted by molar-refractivity contribution is 1.07. The van der Waals surface area contributed by atoms with Gasteiger partial charge in [-0.3, -0.25) is 0 Å². The molecule has 0 aliphatic rings. The van der Waals surface area contributed by atoms with Gasteiger partial charge in [-0.05, 0) is 24.1 Å². The van der Waals surface area contributed by atoms with Crippen LogP contribution in [0.1, 0.15) is 29.2 Å². The minimum absolute atomic E-state index is 0.232. The van der Waals surface area contributed by atoms with Crippen LogP contribution < -0.4 is 0 Å². The summed E-state index contributed by atoms with van der Waals surface area (Å²) < 4.78 is -5.28. The molecule has 0 unspecified atom stereocenters. The standard InChI is InChI=1S/C11H6Cl9/c1-2-6-7(10(15,16)17)3-5(9(12,13)14)4-8(6)11(18,19)20/h2-4H,1H3. The second-order valence-corrected chi connectivity index (χ2v) is 10.6. The Morgan fingerprint density at radius 1 is 0.700 bits per heavy atom. The fourth-order valence-electron chi connectivity index (χ4n) is 1.60. The van der Waals surface area contributed by atoms with Gasteiger partial charge in [-0.25, -0.2) is 0 Å². The summed E-state index contributed by atoms with van der Waals surface area (Å²) in [5, 5.41) is 0. The van der Waals surface area contributed by atoms with E-state index >= 15 is 0 Å². The normalized spacial score (nSPS) is 13.7. The molecule has 1 rings (SSSR count). The summed E-state index contributed by atoms with van der Waals surface area (Å²) in [5.74, 6) is 0. The lowest BCUT2D eigenvalue weighted by Crippen LogP contribution is -2.15. The van der Waals surface area contributed by atoms with Crippen molar-refractivity contribution in [3.63, 3.8) is 0 Å². The molecule has 20 heavy (non-hydrogen) atoms. The van der Waals surface area contributed by atoms with Gasteiger partial charge < -0.3 is 0 Å². The molecule has 0 aliphatic heterocycles. The highest BCUT2D eigenvalue weighted by Gasteiger charge is 2.36. The topological polar surface area (TPSA) is 0 Å². The predicted octanol–water partition coefficient (Wildman–Crippen LogP) is 7.74. The average Bonchev–Trinajstić information content (AvgIpc) is 2.23. The molecule has 0 amide bonds. The van der Waals surface area contributed by atoms with Crippen LogP contribution >= 0.6 is 104 Å². The molecule has 0 aliphatic carbocycles. The SMILES string of the molecule is C[CH]c1c(C(Cl)(Cl)Cl)cc(C(Cl)(Cl)Cl)cc1C(Cl)(Cl)Cl. The summed E-state index contributed by atoms with van der Waals surface area (Å²) in [6.45, 7) is 1.71. The van der Waals surface area contributed by atoms with Crippen LogP contribution in [0.15, 0.2) is 12.1 Å². The van der Waals surface area contributed by atoms with Crippen molar-refractivity contribution in [2.24, 2.45) is 0 Å². The molecule has 0 N–H and O–H groups in total. The maximum atomic E-state index is 5.94. The van der Waals surface area contributed by atoms with Crippen molar-refractivity contribution in [1.29, 1.82) is 0 Å². The minimum Gasteiger partial charge on any atom is -0.0784 e. The van der Waals surface area contributed by atoms with Crippen LogP contribution in [-0.2, 0) is 11.4 Å². The van der Waals surface area contributed by atoms with Crippen molar-refractivity contribution >= 4 is 104 Å². The van der Waals surface area contributed by atoms with Gasteiger partial charge in [0, 0.05) is 16.7 Å². The molecule has 0 saturated carbocycles. The van der Waals surface area contributed by atoms with Crippen LogP contribution in [0.3, 0.4) is 0 Å². The molecule has 0 heterocycles. The lowest BCUT2D eigenvalue weighted by Gasteiger charge is -2.25. The zero-order valence-electron chi connectivity index (χ0n) is 9.63. The number of hydrogen-bond acceptors (Lipinski definition) is 0. The molecule has 113 valence electrons. The van der Waals surface area contributed by atoms with E-state index in [1.54, 1.807) is 13.3 Å². The predicted molar refractivity (Wildman–Crippen MR) is 93.2 cm³/mol. The number of benzene rings is 1. The third-order valence-corrected chi connectivity index (χ3v) is 4.28. The van der Waals surface area contributed by atoms with Gasteiger partial charge >= 0.3 is 0 Å². The van der Waals surface area contributed by atoms with Crippen molar-refractivity contribution in [1.82, 2.24) is 0 Å². The Morgan fingerprint density at radius 3 is 1.25 bits per heavy atom. The minimum atomic E-state index is -1.77. The van der Waals surface area contributed by atoms with Crippen LogP contribution in [-0.4, -0.2) is 0 Å². The van der Waals surface area contributed by atoms with Crippen molar-refractivity contribution < 1.29 is 0 Å². The van der Waals surface area contributed by atoms with Crippen LogP contribution in [0.2, 0.25) is 0 Å². The molecule has 1 aromatic carbocycles. The van der Waals surface area contributed by atoms with E-state index < -0.39 is 11.4 Å². The van der Waals surface area contributed by atoms with E-state index in [0.29, 0.717) is 5.56 Å². The number of rotatable bonds is 1. The maximum absolute atomic E-state index is 5.94. The number of hydrogen-bond donors (Lipinski definition) is 0. The van der Waals surface area contributed by atoms with Gasteiger partial charge in [0.1, 0.15) is 0 Å². The molecule has 0 atom stereocenters. The molecule has 1 radical (unpaired) electrons. The summed E-state index contributed by atoms with van der Waals surface area (Å²) in [5.41, 5.74) is 1.21. The third-order valence-electron chi connectivity index (χ3n) is 2.41. The summed E-state index contributed by atoms with van der Waals surface area (Å²) in [7, 11) is 0. The van der Waals surface area contributed by atoms with Crippen LogP contribution in [0, 0.1) is 6.42 Å². The van der Waals surface area contributed by atoms with Crippen molar-refractivity contribution in [3.05, 3.63) is 40.8 Å². The second-order valence-electron chi connectivity index (χ2n) is 3.77. The van der Waals surface area contributed by atoms with E-state index in [1.165, 1.54) is 12.1 Å². The Bertz CT molecular complexity index is 455. The zero-order chi connectivity index (χ0) is 15.9. The third kappa shape index (κ3) is 4.91. The maximum Gasteiger partial charge on any atom is 0.216 e. The Morgan fingerprint density at radius 2 is 1.05 bits per heavy atom. The first-order valence-corrected chi connectivity index (χ1v) is 8.37. The first-order chi connectivity index (χ1) is 8.78. The highest BCUT2D eigenvalue weighted by Crippen LogP contribution is 2.50. The molecular weight excluding hydrogens is 451 g/mol. The Hall–Kier alpha value is 1.83. The number of alkyl halides is 9. The summed E-state index contributed by atoms with van der Waals surface area (Å²) in [6, 6.07) is 2.91. The Labute approximate surface area is 162 Å². The molecule has 0 spiro atoms. The molecule has 0 nitrogen and oxygen atoms in total. The molecule has 9 heteroatoms. The Balaban J connectivity index is 3.75. The molecule has 0 saturated heterocycles. The fraction of sp³-hybridized carbons (Fsp3) is 0.364. The Kier molecular flexibility index (Phi) is 6.71. The first-order valence-electron chi connectivity index (χ1n) is 4.97. The quantitative estimate of drug-likeness (QED) is 0.379. The molecule has 0 aromatic heterocycles. The lowest BCUT2D eigenvalue weighted by atomic mass is 9.97. The summed E-state index contributed by atoms with van der Waals surface area (Å²) in [4.78, 5) is 0. The molecule has 0 bridgehead atoms. The largest absolute Gasteiger partial charge is 0.216 e. The van der Waals surface area contributed by atoms with Gasteiger partial charge in [-0.2, -0.15) is 0 Å². The van der Waals surface area contributed by atoms with E-state index in [0.717, 1.165) is 0 Å². The van der Waals surface area contributed by atoms with E-state index in [2.05, 4.69) is 0 Å². The van der Waals surface area contributed by atoms with E-state index in [4.69, 9.17) is 104 Å². The van der Waals surface area contributed by atoms with Crippen LogP contribution in [0.4, 0.5) is 0 Å². The molecule has 0 fully saturated rings. The van der Waals surface area contributed by atoms with Gasteiger partial charge in [-0.15, -0.1) is 0 Å². The van der Waals surface area contributed by atoms with Crippen molar-refractivity contribution in [2.75, 3.05) is 0 Å². The fourth-order valence-corrected chi connectivity index (χ4v) is 2.86. The van der Waals surface area contributed by atoms with Crippen LogP contribution in [0.25, 0.3) is 0 Å². The highest BCUT2D eigenvalue weighted by atomic mass is 35.6. The van der Waals surface area contributed by atoms with Gasteiger partial charge in [-0.1, -0.05) is 111 Å².